The van der Waals surface area contributed by atoms with Crippen LogP contribution in [0.4, 0.5) is 14.5 Å². The van der Waals surface area contributed by atoms with Gasteiger partial charge in [-0.3, -0.25) is 19.2 Å². The van der Waals surface area contributed by atoms with Crippen LogP contribution in [-0.4, -0.2) is 48.0 Å². The van der Waals surface area contributed by atoms with E-state index in [4.69, 9.17) is 11.6 Å². The lowest BCUT2D eigenvalue weighted by molar-refractivity contribution is -0.136. The van der Waals surface area contributed by atoms with E-state index in [1.54, 1.807) is 17.8 Å². The fourth-order valence-electron chi connectivity index (χ4n) is 2.10. The van der Waals surface area contributed by atoms with Crippen molar-refractivity contribution in [1.29, 1.82) is 0 Å². The molecule has 1 aromatic carbocycles. The number of benzene rings is 1. The summed E-state index contributed by atoms with van der Waals surface area (Å²) in [6.07, 6.45) is -0.0625. The number of likely N-dealkylation sites (N-methyl/N-ethyl adjacent to an activating group) is 1. The number of hydrogen-bond acceptors (Lipinski definition) is 6. The van der Waals surface area contributed by atoms with Crippen molar-refractivity contribution in [2.45, 2.75) is 39.0 Å². The molecule has 2 aromatic rings. The van der Waals surface area contributed by atoms with Crippen molar-refractivity contribution in [3.63, 3.8) is 0 Å². The van der Waals surface area contributed by atoms with E-state index >= 15 is 0 Å². The summed E-state index contributed by atoms with van der Waals surface area (Å²) >= 11 is 7.32. The number of Topliss-reactive ketones (excluding diaryl/α,β-unsaturated/α-hetero) is 1. The summed E-state index contributed by atoms with van der Waals surface area (Å²) in [6.45, 7) is 3.59. The average molecular weight is 503 g/mol. The predicted molar refractivity (Wildman–Crippen MR) is 123 cm³/mol. The fourth-order valence-corrected chi connectivity index (χ4v) is 2.92. The van der Waals surface area contributed by atoms with Crippen molar-refractivity contribution >= 4 is 52.1 Å². The second-order valence-corrected chi connectivity index (χ2v) is 8.08. The van der Waals surface area contributed by atoms with Crippen molar-refractivity contribution in [3.05, 3.63) is 45.4 Å². The SMILES string of the molecule is CCC(C)(F)F.CNC(=O)C(=O)CNC(=O)c1cc(Cl)ccc1NC(=O)C(C)c1cscn1. The van der Waals surface area contributed by atoms with Gasteiger partial charge < -0.3 is 16.0 Å². The zero-order chi connectivity index (χ0) is 25.2. The first-order valence-corrected chi connectivity index (χ1v) is 11.1. The number of halogens is 3. The van der Waals surface area contributed by atoms with Gasteiger partial charge in [-0.25, -0.2) is 13.8 Å². The highest BCUT2D eigenvalue weighted by molar-refractivity contribution is 7.07. The lowest BCUT2D eigenvalue weighted by atomic mass is 10.1. The number of carbonyl (C=O) groups excluding carboxylic acids is 4. The third-order valence-electron chi connectivity index (χ3n) is 4.28. The third kappa shape index (κ3) is 9.62. The van der Waals surface area contributed by atoms with Gasteiger partial charge in [0.25, 0.3) is 11.8 Å². The second kappa shape index (κ2) is 12.9. The minimum atomic E-state index is -2.46. The molecule has 3 N–H and O–H groups in total. The summed E-state index contributed by atoms with van der Waals surface area (Å²) < 4.78 is 22.9. The maximum Gasteiger partial charge on any atom is 0.289 e. The van der Waals surface area contributed by atoms with Crippen LogP contribution in [0.3, 0.4) is 0 Å². The largest absolute Gasteiger partial charge is 0.353 e. The molecule has 3 amide bonds. The van der Waals surface area contributed by atoms with Gasteiger partial charge in [-0.1, -0.05) is 18.5 Å². The van der Waals surface area contributed by atoms with E-state index in [-0.39, 0.29) is 28.6 Å². The minimum Gasteiger partial charge on any atom is -0.353 e. The van der Waals surface area contributed by atoms with E-state index in [0.29, 0.717) is 5.69 Å². The van der Waals surface area contributed by atoms with Gasteiger partial charge in [0, 0.05) is 23.9 Å². The zero-order valence-corrected chi connectivity index (χ0v) is 20.1. The summed E-state index contributed by atoms with van der Waals surface area (Å²) in [5, 5.41) is 9.24. The number of anilines is 1. The molecule has 0 aliphatic rings. The van der Waals surface area contributed by atoms with Crippen LogP contribution in [0, 0.1) is 0 Å². The molecule has 1 atom stereocenters. The van der Waals surface area contributed by atoms with Gasteiger partial charge in [-0.15, -0.1) is 11.3 Å². The number of nitrogens with one attached hydrogen (secondary N) is 3. The Kier molecular flexibility index (Phi) is 11.0. The van der Waals surface area contributed by atoms with Crippen LogP contribution in [-0.2, 0) is 14.4 Å². The molecule has 1 heterocycles. The monoisotopic (exact) mass is 502 g/mol. The van der Waals surface area contributed by atoms with Crippen LogP contribution in [0.15, 0.2) is 29.1 Å². The van der Waals surface area contributed by atoms with Crippen molar-refractivity contribution in [2.75, 3.05) is 18.9 Å². The molecule has 0 saturated heterocycles. The first-order chi connectivity index (χ1) is 15.4. The highest BCUT2D eigenvalue weighted by atomic mass is 35.5. The van der Waals surface area contributed by atoms with E-state index in [2.05, 4.69) is 20.9 Å². The smallest absolute Gasteiger partial charge is 0.289 e. The van der Waals surface area contributed by atoms with Gasteiger partial charge in [-0.05, 0) is 32.0 Å². The number of thiazole rings is 1. The molecule has 0 radical (unpaired) electrons. The Hall–Kier alpha value is -2.92. The number of amides is 3. The van der Waals surface area contributed by atoms with Crippen LogP contribution in [0.25, 0.3) is 0 Å². The number of nitrogens with zero attached hydrogens (tertiary/aromatic N) is 1. The van der Waals surface area contributed by atoms with Crippen molar-refractivity contribution in [1.82, 2.24) is 15.6 Å². The summed E-state index contributed by atoms with van der Waals surface area (Å²) in [4.78, 5) is 51.7. The average Bonchev–Trinajstić information content (AvgIpc) is 3.32. The number of aromatic nitrogens is 1. The van der Waals surface area contributed by atoms with Crippen molar-refractivity contribution < 1.29 is 28.0 Å². The van der Waals surface area contributed by atoms with Gasteiger partial charge >= 0.3 is 0 Å². The second-order valence-electron chi connectivity index (χ2n) is 6.92. The van der Waals surface area contributed by atoms with Crippen LogP contribution < -0.4 is 16.0 Å². The molecule has 0 saturated carbocycles. The van der Waals surface area contributed by atoms with Gasteiger partial charge in [0.2, 0.25) is 17.6 Å². The molecular weight excluding hydrogens is 478 g/mol. The Morgan fingerprint density at radius 3 is 2.39 bits per heavy atom. The Morgan fingerprint density at radius 1 is 1.24 bits per heavy atom. The number of alkyl halides is 2. The van der Waals surface area contributed by atoms with Gasteiger partial charge in [0.05, 0.1) is 34.9 Å². The third-order valence-corrected chi connectivity index (χ3v) is 5.12. The van der Waals surface area contributed by atoms with Crippen LogP contribution in [0.1, 0.15) is 49.2 Å². The molecule has 0 aliphatic heterocycles. The fraction of sp³-hybridized carbons (Fsp3) is 0.381. The zero-order valence-electron chi connectivity index (χ0n) is 18.5. The van der Waals surface area contributed by atoms with E-state index in [1.165, 1.54) is 43.5 Å². The molecule has 0 bridgehead atoms. The number of carbonyl (C=O) groups is 4. The Bertz CT molecular complexity index is 981. The number of rotatable bonds is 8. The van der Waals surface area contributed by atoms with E-state index < -0.39 is 36.0 Å². The van der Waals surface area contributed by atoms with Crippen molar-refractivity contribution in [2.24, 2.45) is 0 Å². The molecule has 2 rings (SSSR count). The molecule has 0 fully saturated rings. The van der Waals surface area contributed by atoms with Gasteiger partial charge in [0.15, 0.2) is 0 Å². The van der Waals surface area contributed by atoms with E-state index in [9.17, 15) is 28.0 Å². The predicted octanol–water partition coefficient (Wildman–Crippen LogP) is 3.64. The molecular formula is C21H25ClF2N4O4S. The normalized spacial score (nSPS) is 11.5. The summed E-state index contributed by atoms with van der Waals surface area (Å²) in [7, 11) is 1.32. The molecule has 1 aromatic heterocycles. The standard InChI is InChI=1S/C17H17ClN4O4S.C4H8F2/c1-9(13-7-27-8-21-13)15(24)22-12-4-3-10(18)5-11(12)16(25)20-6-14(23)17(26)19-2;1-3-4(2,5)6/h3-5,7-9H,6H2,1-2H3,(H,19,26)(H,20,25)(H,22,24);3H2,1-2H3. The molecule has 33 heavy (non-hydrogen) atoms. The minimum absolute atomic E-state index is 0.0625. The molecule has 8 nitrogen and oxygen atoms in total. The van der Waals surface area contributed by atoms with E-state index in [1.807, 2.05) is 0 Å². The highest BCUT2D eigenvalue weighted by Crippen LogP contribution is 2.23. The molecule has 0 aliphatic carbocycles. The van der Waals surface area contributed by atoms with Gasteiger partial charge in [-0.2, -0.15) is 0 Å². The van der Waals surface area contributed by atoms with Gasteiger partial charge in [0.1, 0.15) is 0 Å². The summed E-state index contributed by atoms with van der Waals surface area (Å²) in [6, 6.07) is 4.38. The number of ketones is 1. The quantitative estimate of drug-likeness (QED) is 0.476. The van der Waals surface area contributed by atoms with E-state index in [0.717, 1.165) is 6.92 Å². The Balaban J connectivity index is 0.000000801. The van der Waals surface area contributed by atoms with Crippen molar-refractivity contribution in [3.8, 4) is 0 Å². The Morgan fingerprint density at radius 2 is 1.88 bits per heavy atom. The maximum absolute atomic E-state index is 12.4. The molecule has 180 valence electrons. The number of hydrogen-bond donors (Lipinski definition) is 3. The van der Waals surface area contributed by atoms with Crippen LogP contribution in [0.5, 0.6) is 0 Å². The molecule has 12 heteroatoms. The maximum atomic E-state index is 12.4. The topological polar surface area (TPSA) is 117 Å². The summed E-state index contributed by atoms with van der Waals surface area (Å²) in [5.41, 5.74) is 2.56. The summed E-state index contributed by atoms with van der Waals surface area (Å²) in [5.74, 6) is -5.58. The van der Waals surface area contributed by atoms with Crippen LogP contribution >= 0.6 is 22.9 Å². The van der Waals surface area contributed by atoms with Crippen LogP contribution in [0.2, 0.25) is 5.02 Å². The highest BCUT2D eigenvalue weighted by Gasteiger charge is 2.21. The lowest BCUT2D eigenvalue weighted by Crippen LogP contribution is -2.38. The first-order valence-electron chi connectivity index (χ1n) is 9.79. The molecule has 0 spiro atoms. The molecule has 1 unspecified atom stereocenters. The lowest BCUT2D eigenvalue weighted by Gasteiger charge is -2.14. The Labute approximate surface area is 199 Å². The first kappa shape index (κ1) is 28.1.